The van der Waals surface area contributed by atoms with Crippen molar-refractivity contribution in [3.05, 3.63) is 30.1 Å². The molecule has 88 valence electrons. The van der Waals surface area contributed by atoms with Gasteiger partial charge < -0.3 is 15.0 Å². The second-order valence-corrected chi connectivity index (χ2v) is 4.20. The van der Waals surface area contributed by atoms with Crippen LogP contribution in [0.25, 0.3) is 11.0 Å². The molecule has 1 fully saturated rings. The van der Waals surface area contributed by atoms with Gasteiger partial charge in [-0.25, -0.2) is 4.98 Å². The van der Waals surface area contributed by atoms with Crippen LogP contribution in [0.15, 0.2) is 24.5 Å². The topological polar surface area (TPSA) is 67.0 Å². The molecule has 1 unspecified atom stereocenters. The average Bonchev–Trinajstić information content (AvgIpc) is 2.73. The molecule has 0 aromatic carbocycles. The zero-order chi connectivity index (χ0) is 11.7. The van der Waals surface area contributed by atoms with Crippen molar-refractivity contribution in [2.75, 3.05) is 13.2 Å². The number of hydrogen-bond donors (Lipinski definition) is 2. The van der Waals surface area contributed by atoms with Crippen molar-refractivity contribution in [1.29, 1.82) is 0 Å². The van der Waals surface area contributed by atoms with Gasteiger partial charge in [0.15, 0.2) is 0 Å². The molecule has 3 heterocycles. The number of aromatic nitrogens is 2. The predicted molar refractivity (Wildman–Crippen MR) is 62.5 cm³/mol. The molecule has 5 heteroatoms. The molecule has 0 saturated carbocycles. The Labute approximate surface area is 98.2 Å². The summed E-state index contributed by atoms with van der Waals surface area (Å²) in [4.78, 5) is 18.6. The van der Waals surface area contributed by atoms with Gasteiger partial charge in [0.25, 0.3) is 0 Å². The van der Waals surface area contributed by atoms with E-state index in [1.807, 2.05) is 18.3 Å². The lowest BCUT2D eigenvalue weighted by atomic mass is 10.1. The Balaban J connectivity index is 1.82. The van der Waals surface area contributed by atoms with Gasteiger partial charge >= 0.3 is 0 Å². The lowest BCUT2D eigenvalue weighted by molar-refractivity contribution is -0.131. The van der Waals surface area contributed by atoms with E-state index in [1.54, 1.807) is 6.20 Å². The summed E-state index contributed by atoms with van der Waals surface area (Å²) in [6, 6.07) is 3.99. The third kappa shape index (κ3) is 2.01. The van der Waals surface area contributed by atoms with Crippen LogP contribution in [-0.4, -0.2) is 35.1 Å². The molecule has 0 aliphatic carbocycles. The molecule has 2 aromatic heterocycles. The van der Waals surface area contributed by atoms with Gasteiger partial charge in [-0.3, -0.25) is 4.79 Å². The molecule has 0 spiro atoms. The van der Waals surface area contributed by atoms with Gasteiger partial charge in [0.2, 0.25) is 5.91 Å². The minimum absolute atomic E-state index is 0.0424. The Morgan fingerprint density at radius 2 is 2.47 bits per heavy atom. The Morgan fingerprint density at radius 3 is 3.35 bits per heavy atom. The highest BCUT2D eigenvalue weighted by atomic mass is 16.5. The number of amides is 1. The van der Waals surface area contributed by atoms with E-state index in [-0.39, 0.29) is 18.6 Å². The molecule has 3 rings (SSSR count). The molecule has 0 bridgehead atoms. The Hall–Kier alpha value is -1.88. The third-order valence-corrected chi connectivity index (χ3v) is 2.92. The van der Waals surface area contributed by atoms with E-state index in [0.29, 0.717) is 6.61 Å². The quantitative estimate of drug-likeness (QED) is 0.796. The standard InChI is InChI=1S/C12H13N3O2/c16-11-7-17-6-9(15-11)4-8-5-14-12-10(8)2-1-3-13-12/h1-3,5,9H,4,6-7H2,(H,13,14)(H,15,16). The van der Waals surface area contributed by atoms with E-state index in [0.717, 1.165) is 23.0 Å². The van der Waals surface area contributed by atoms with Gasteiger partial charge in [0.1, 0.15) is 12.3 Å². The summed E-state index contributed by atoms with van der Waals surface area (Å²) >= 11 is 0. The van der Waals surface area contributed by atoms with Crippen LogP contribution >= 0.6 is 0 Å². The number of fused-ring (bicyclic) bond motifs is 1. The minimum atomic E-state index is -0.0424. The number of morpholine rings is 1. The number of carbonyl (C=O) groups excluding carboxylic acids is 1. The molecule has 2 N–H and O–H groups in total. The molecule has 5 nitrogen and oxygen atoms in total. The van der Waals surface area contributed by atoms with E-state index in [2.05, 4.69) is 15.3 Å². The summed E-state index contributed by atoms with van der Waals surface area (Å²) in [5.74, 6) is -0.0424. The lowest BCUT2D eigenvalue weighted by Gasteiger charge is -2.23. The fourth-order valence-corrected chi connectivity index (χ4v) is 2.16. The summed E-state index contributed by atoms with van der Waals surface area (Å²) < 4.78 is 5.22. The number of nitrogens with zero attached hydrogens (tertiary/aromatic N) is 1. The van der Waals surface area contributed by atoms with Crippen molar-refractivity contribution in [3.63, 3.8) is 0 Å². The first-order valence-corrected chi connectivity index (χ1v) is 5.61. The monoisotopic (exact) mass is 231 g/mol. The van der Waals surface area contributed by atoms with E-state index in [4.69, 9.17) is 4.74 Å². The van der Waals surface area contributed by atoms with Crippen LogP contribution in [0, 0.1) is 0 Å². The highest BCUT2D eigenvalue weighted by molar-refractivity contribution is 5.80. The summed E-state index contributed by atoms with van der Waals surface area (Å²) in [5, 5.41) is 4.03. The van der Waals surface area contributed by atoms with Crippen LogP contribution in [0.4, 0.5) is 0 Å². The van der Waals surface area contributed by atoms with Crippen LogP contribution in [0.5, 0.6) is 0 Å². The normalized spacial score (nSPS) is 20.5. The number of ether oxygens (including phenoxy) is 1. The second kappa shape index (κ2) is 4.18. The molecule has 1 aliphatic rings. The van der Waals surface area contributed by atoms with Crippen molar-refractivity contribution >= 4 is 16.9 Å². The summed E-state index contributed by atoms with van der Waals surface area (Å²) in [5.41, 5.74) is 2.04. The van der Waals surface area contributed by atoms with Crippen LogP contribution in [0.3, 0.4) is 0 Å². The first kappa shape index (κ1) is 10.3. The molecule has 17 heavy (non-hydrogen) atoms. The molecule has 1 atom stereocenters. The van der Waals surface area contributed by atoms with E-state index < -0.39 is 0 Å². The van der Waals surface area contributed by atoms with Gasteiger partial charge in [-0.1, -0.05) is 0 Å². The summed E-state index contributed by atoms with van der Waals surface area (Å²) in [6.07, 6.45) is 4.46. The molecule has 0 radical (unpaired) electrons. The number of H-pyrrole nitrogens is 1. The van der Waals surface area contributed by atoms with Crippen LogP contribution in [0.1, 0.15) is 5.56 Å². The zero-order valence-corrected chi connectivity index (χ0v) is 9.27. The molecule has 1 saturated heterocycles. The SMILES string of the molecule is O=C1COCC(Cc2c[nH]c3ncccc23)N1. The predicted octanol–water partition coefficient (Wildman–Crippen LogP) is 0.620. The lowest BCUT2D eigenvalue weighted by Crippen LogP contribution is -2.46. The van der Waals surface area contributed by atoms with Crippen molar-refractivity contribution in [3.8, 4) is 0 Å². The van der Waals surface area contributed by atoms with Crippen LogP contribution in [-0.2, 0) is 16.0 Å². The third-order valence-electron chi connectivity index (χ3n) is 2.92. The minimum Gasteiger partial charge on any atom is -0.369 e. The first-order valence-electron chi connectivity index (χ1n) is 5.61. The number of aromatic amines is 1. The van der Waals surface area contributed by atoms with E-state index >= 15 is 0 Å². The number of pyridine rings is 1. The fourth-order valence-electron chi connectivity index (χ4n) is 2.16. The Kier molecular flexibility index (Phi) is 2.53. The number of hydrogen-bond acceptors (Lipinski definition) is 3. The van der Waals surface area contributed by atoms with E-state index in [1.165, 1.54) is 0 Å². The second-order valence-electron chi connectivity index (χ2n) is 4.20. The van der Waals surface area contributed by atoms with Crippen molar-refractivity contribution in [1.82, 2.24) is 15.3 Å². The molecule has 1 amide bonds. The Morgan fingerprint density at radius 1 is 1.53 bits per heavy atom. The van der Waals surface area contributed by atoms with Crippen molar-refractivity contribution < 1.29 is 9.53 Å². The maximum atomic E-state index is 11.2. The van der Waals surface area contributed by atoms with Crippen LogP contribution < -0.4 is 5.32 Å². The van der Waals surface area contributed by atoms with Gasteiger partial charge in [-0.15, -0.1) is 0 Å². The molecule has 2 aromatic rings. The fraction of sp³-hybridized carbons (Fsp3) is 0.333. The number of carbonyl (C=O) groups is 1. The Bertz CT molecular complexity index is 549. The van der Waals surface area contributed by atoms with Gasteiger partial charge in [-0.05, 0) is 24.1 Å². The van der Waals surface area contributed by atoms with E-state index in [9.17, 15) is 4.79 Å². The van der Waals surface area contributed by atoms with Gasteiger partial charge in [0.05, 0.1) is 12.6 Å². The van der Waals surface area contributed by atoms with Gasteiger partial charge in [0, 0.05) is 17.8 Å². The summed E-state index contributed by atoms with van der Waals surface area (Å²) in [7, 11) is 0. The highest BCUT2D eigenvalue weighted by Gasteiger charge is 2.20. The number of rotatable bonds is 2. The maximum Gasteiger partial charge on any atom is 0.246 e. The van der Waals surface area contributed by atoms with Gasteiger partial charge in [-0.2, -0.15) is 0 Å². The number of nitrogens with one attached hydrogen (secondary N) is 2. The highest BCUT2D eigenvalue weighted by Crippen LogP contribution is 2.17. The first-order chi connectivity index (χ1) is 8.33. The molecular formula is C12H13N3O2. The largest absolute Gasteiger partial charge is 0.369 e. The van der Waals surface area contributed by atoms with Crippen molar-refractivity contribution in [2.45, 2.75) is 12.5 Å². The van der Waals surface area contributed by atoms with Crippen molar-refractivity contribution in [2.24, 2.45) is 0 Å². The zero-order valence-electron chi connectivity index (χ0n) is 9.27. The molecule has 1 aliphatic heterocycles. The average molecular weight is 231 g/mol. The maximum absolute atomic E-state index is 11.2. The molecular weight excluding hydrogens is 218 g/mol. The smallest absolute Gasteiger partial charge is 0.246 e. The van der Waals surface area contributed by atoms with Crippen LogP contribution in [0.2, 0.25) is 0 Å². The summed E-state index contributed by atoms with van der Waals surface area (Å²) in [6.45, 7) is 0.741.